The molecule has 0 aliphatic carbocycles. The highest BCUT2D eigenvalue weighted by molar-refractivity contribution is 5.95. The van der Waals surface area contributed by atoms with Gasteiger partial charge in [0.25, 0.3) is 5.91 Å². The molecule has 104 valence electrons. The molecule has 1 aromatic carbocycles. The molecule has 5 heteroatoms. The van der Waals surface area contributed by atoms with Gasteiger partial charge in [0.1, 0.15) is 5.75 Å². The summed E-state index contributed by atoms with van der Waals surface area (Å²) in [6.07, 6.45) is 0.368. The fourth-order valence-corrected chi connectivity index (χ4v) is 2.26. The number of β-amino-alcohol motifs (C(OH)–C–C–N with tert-alkyl or cyclic N) is 1. The number of amides is 1. The van der Waals surface area contributed by atoms with Crippen molar-refractivity contribution in [2.75, 3.05) is 25.9 Å². The quantitative estimate of drug-likeness (QED) is 0.785. The first-order valence-electron chi connectivity index (χ1n) is 6.43. The molecule has 2 atom stereocenters. The number of hydrogen-bond acceptors (Lipinski definition) is 4. The highest BCUT2D eigenvalue weighted by Gasteiger charge is 2.28. The van der Waals surface area contributed by atoms with Gasteiger partial charge in [-0.15, -0.1) is 0 Å². The van der Waals surface area contributed by atoms with Crippen molar-refractivity contribution in [3.8, 4) is 5.75 Å². The van der Waals surface area contributed by atoms with E-state index in [1.165, 1.54) is 7.11 Å². The molecule has 1 heterocycles. The Morgan fingerprint density at radius 3 is 2.89 bits per heavy atom. The van der Waals surface area contributed by atoms with Gasteiger partial charge in [-0.3, -0.25) is 4.79 Å². The van der Waals surface area contributed by atoms with Crippen LogP contribution in [-0.2, 0) is 0 Å². The Kier molecular flexibility index (Phi) is 3.95. The van der Waals surface area contributed by atoms with Crippen molar-refractivity contribution in [3.63, 3.8) is 0 Å². The number of benzene rings is 1. The number of carbonyl (C=O) groups excluding carboxylic acids is 1. The third-order valence-electron chi connectivity index (χ3n) is 3.69. The van der Waals surface area contributed by atoms with Crippen LogP contribution in [0.25, 0.3) is 0 Å². The molecule has 0 bridgehead atoms. The van der Waals surface area contributed by atoms with Gasteiger partial charge >= 0.3 is 0 Å². The van der Waals surface area contributed by atoms with Gasteiger partial charge in [0.2, 0.25) is 0 Å². The lowest BCUT2D eigenvalue weighted by Crippen LogP contribution is -2.45. The number of aliphatic hydroxyl groups is 1. The van der Waals surface area contributed by atoms with Gasteiger partial charge in [0, 0.05) is 18.7 Å². The summed E-state index contributed by atoms with van der Waals surface area (Å²) >= 11 is 0. The lowest BCUT2D eigenvalue weighted by Gasteiger charge is -2.34. The van der Waals surface area contributed by atoms with Gasteiger partial charge in [0.15, 0.2) is 0 Å². The van der Waals surface area contributed by atoms with Crippen LogP contribution in [0.3, 0.4) is 0 Å². The summed E-state index contributed by atoms with van der Waals surface area (Å²) in [5.74, 6) is 0.644. The largest absolute Gasteiger partial charge is 0.495 e. The third-order valence-corrected chi connectivity index (χ3v) is 3.69. The second-order valence-electron chi connectivity index (χ2n) is 5.04. The Labute approximate surface area is 113 Å². The summed E-state index contributed by atoms with van der Waals surface area (Å²) in [6, 6.07) is 4.99. The number of anilines is 1. The van der Waals surface area contributed by atoms with Crippen LogP contribution in [0.2, 0.25) is 0 Å². The van der Waals surface area contributed by atoms with Gasteiger partial charge in [0.05, 0.1) is 18.9 Å². The Morgan fingerprint density at radius 1 is 1.53 bits per heavy atom. The van der Waals surface area contributed by atoms with Crippen molar-refractivity contribution in [2.24, 2.45) is 5.92 Å². The van der Waals surface area contributed by atoms with Crippen molar-refractivity contribution in [3.05, 3.63) is 23.8 Å². The fraction of sp³-hybridized carbons (Fsp3) is 0.500. The van der Waals surface area contributed by atoms with Crippen LogP contribution in [0.4, 0.5) is 5.69 Å². The molecule has 1 aliphatic heterocycles. The van der Waals surface area contributed by atoms with Crippen LogP contribution < -0.4 is 10.5 Å². The predicted octanol–water partition coefficient (Wildman–Crippen LogP) is 1.12. The third kappa shape index (κ3) is 2.81. The number of rotatable bonds is 2. The Bertz CT molecular complexity index is 476. The molecule has 0 spiro atoms. The van der Waals surface area contributed by atoms with Gasteiger partial charge in [-0.1, -0.05) is 6.92 Å². The van der Waals surface area contributed by atoms with Crippen LogP contribution in [0, 0.1) is 5.92 Å². The standard InChI is InChI=1S/C14H20N2O3/c1-9-5-6-16(8-12(9)17)14(18)10-3-4-11(15)13(7-10)19-2/h3-4,7,9,12,17H,5-6,8,15H2,1-2H3. The molecule has 19 heavy (non-hydrogen) atoms. The molecule has 5 nitrogen and oxygen atoms in total. The van der Waals surface area contributed by atoms with E-state index in [0.717, 1.165) is 6.42 Å². The SMILES string of the molecule is COc1cc(C(=O)N2CCC(C)C(O)C2)ccc1N. The number of hydrogen-bond donors (Lipinski definition) is 2. The maximum Gasteiger partial charge on any atom is 0.254 e. The zero-order chi connectivity index (χ0) is 14.0. The molecule has 0 aromatic heterocycles. The second-order valence-corrected chi connectivity index (χ2v) is 5.04. The van der Waals surface area contributed by atoms with E-state index in [4.69, 9.17) is 10.5 Å². The summed E-state index contributed by atoms with van der Waals surface area (Å²) in [7, 11) is 1.52. The lowest BCUT2D eigenvalue weighted by molar-refractivity contribution is 0.0248. The maximum absolute atomic E-state index is 12.3. The fourth-order valence-electron chi connectivity index (χ4n) is 2.26. The monoisotopic (exact) mass is 264 g/mol. The van der Waals surface area contributed by atoms with Crippen molar-refractivity contribution >= 4 is 11.6 Å². The second kappa shape index (κ2) is 5.48. The minimum atomic E-state index is -0.451. The molecule has 0 radical (unpaired) electrons. The number of nitrogen functional groups attached to an aromatic ring is 1. The molecule has 2 rings (SSSR count). The number of carbonyl (C=O) groups is 1. The Balaban J connectivity index is 2.15. The number of methoxy groups -OCH3 is 1. The highest BCUT2D eigenvalue weighted by Crippen LogP contribution is 2.24. The highest BCUT2D eigenvalue weighted by atomic mass is 16.5. The molecule has 1 amide bonds. The molecule has 1 aromatic rings. The minimum Gasteiger partial charge on any atom is -0.495 e. The number of nitrogens with zero attached hydrogens (tertiary/aromatic N) is 1. The summed E-state index contributed by atoms with van der Waals surface area (Å²) in [5, 5.41) is 9.85. The molecule has 1 aliphatic rings. The average molecular weight is 264 g/mol. The van der Waals surface area contributed by atoms with Gasteiger partial charge in [-0.05, 0) is 30.5 Å². The molecular weight excluding hydrogens is 244 g/mol. The van der Waals surface area contributed by atoms with Crippen molar-refractivity contribution in [1.29, 1.82) is 0 Å². The van der Waals surface area contributed by atoms with E-state index in [2.05, 4.69) is 0 Å². The maximum atomic E-state index is 12.3. The van der Waals surface area contributed by atoms with Gasteiger partial charge in [-0.25, -0.2) is 0 Å². The van der Waals surface area contributed by atoms with Crippen LogP contribution in [0.15, 0.2) is 18.2 Å². The van der Waals surface area contributed by atoms with Crippen molar-refractivity contribution in [2.45, 2.75) is 19.4 Å². The first-order chi connectivity index (χ1) is 9.02. The smallest absolute Gasteiger partial charge is 0.254 e. The van der Waals surface area contributed by atoms with E-state index >= 15 is 0 Å². The molecular formula is C14H20N2O3. The van der Waals surface area contributed by atoms with Gasteiger partial charge in [-0.2, -0.15) is 0 Å². The normalized spacial score (nSPS) is 23.2. The molecule has 2 unspecified atom stereocenters. The number of nitrogens with two attached hydrogens (primary N) is 1. The first kappa shape index (κ1) is 13.7. The topological polar surface area (TPSA) is 75.8 Å². The zero-order valence-electron chi connectivity index (χ0n) is 11.3. The van der Waals surface area contributed by atoms with E-state index in [1.807, 2.05) is 6.92 Å². The van der Waals surface area contributed by atoms with Crippen LogP contribution in [0.5, 0.6) is 5.75 Å². The van der Waals surface area contributed by atoms with Crippen LogP contribution in [0.1, 0.15) is 23.7 Å². The van der Waals surface area contributed by atoms with E-state index in [9.17, 15) is 9.90 Å². The molecule has 0 saturated carbocycles. The van der Waals surface area contributed by atoms with Gasteiger partial charge < -0.3 is 20.5 Å². The number of likely N-dealkylation sites (tertiary alicyclic amines) is 1. The molecule has 1 fully saturated rings. The summed E-state index contributed by atoms with van der Waals surface area (Å²) < 4.78 is 5.12. The van der Waals surface area contributed by atoms with Crippen LogP contribution in [-0.4, -0.2) is 42.2 Å². The Hall–Kier alpha value is -1.75. The zero-order valence-corrected chi connectivity index (χ0v) is 11.3. The van der Waals surface area contributed by atoms with E-state index in [-0.39, 0.29) is 11.8 Å². The minimum absolute atomic E-state index is 0.0933. The van der Waals surface area contributed by atoms with E-state index in [0.29, 0.717) is 30.1 Å². The number of aliphatic hydroxyl groups excluding tert-OH is 1. The van der Waals surface area contributed by atoms with Crippen LogP contribution >= 0.6 is 0 Å². The molecule has 1 saturated heterocycles. The van der Waals surface area contributed by atoms with Crippen molar-refractivity contribution < 1.29 is 14.6 Å². The molecule has 3 N–H and O–H groups in total. The number of ether oxygens (including phenoxy) is 1. The van der Waals surface area contributed by atoms with Crippen molar-refractivity contribution in [1.82, 2.24) is 4.90 Å². The summed E-state index contributed by atoms with van der Waals surface area (Å²) in [6.45, 7) is 3.05. The van der Waals surface area contributed by atoms with E-state index < -0.39 is 6.10 Å². The average Bonchev–Trinajstić information content (AvgIpc) is 2.41. The number of piperidine rings is 1. The first-order valence-corrected chi connectivity index (χ1v) is 6.43. The summed E-state index contributed by atoms with van der Waals surface area (Å²) in [5.41, 5.74) is 6.77. The van der Waals surface area contributed by atoms with E-state index in [1.54, 1.807) is 23.1 Å². The summed E-state index contributed by atoms with van der Waals surface area (Å²) in [4.78, 5) is 14.0. The predicted molar refractivity (Wildman–Crippen MR) is 73.1 cm³/mol. The lowest BCUT2D eigenvalue weighted by atomic mass is 9.95. The Morgan fingerprint density at radius 2 is 2.26 bits per heavy atom.